The van der Waals surface area contributed by atoms with Gasteiger partial charge in [0.2, 0.25) is 0 Å². The molecule has 1 aliphatic rings. The van der Waals surface area contributed by atoms with E-state index in [1.165, 1.54) is 24.8 Å². The fourth-order valence-corrected chi connectivity index (χ4v) is 5.21. The van der Waals surface area contributed by atoms with Crippen LogP contribution in [0.3, 0.4) is 0 Å². The Labute approximate surface area is 217 Å². The highest BCUT2D eigenvalue weighted by atomic mass is 35.5. The number of carbonyl (C=O) groups excluding carboxylic acids is 1. The van der Waals surface area contributed by atoms with Gasteiger partial charge in [0.05, 0.1) is 12.2 Å². The van der Waals surface area contributed by atoms with E-state index in [4.69, 9.17) is 21.3 Å². The van der Waals surface area contributed by atoms with E-state index in [1.54, 1.807) is 35.6 Å². The first-order valence-electron chi connectivity index (χ1n) is 12.4. The lowest BCUT2D eigenvalue weighted by Gasteiger charge is -2.30. The van der Waals surface area contributed by atoms with Crippen LogP contribution in [-0.4, -0.2) is 46.9 Å². The first-order chi connectivity index (χ1) is 17.0. The van der Waals surface area contributed by atoms with Crippen LogP contribution < -0.4 is 4.74 Å². The monoisotopic (exact) mass is 511 g/mol. The smallest absolute Gasteiger partial charge is 0.254 e. The number of rotatable bonds is 10. The van der Waals surface area contributed by atoms with Crippen molar-refractivity contribution < 1.29 is 9.53 Å². The van der Waals surface area contributed by atoms with E-state index in [1.807, 2.05) is 28.5 Å². The molecule has 7 heteroatoms. The fraction of sp³-hybridized carbons (Fsp3) is 0.429. The number of carbonyl (C=O) groups is 1. The Balaban J connectivity index is 1.42. The van der Waals surface area contributed by atoms with E-state index in [-0.39, 0.29) is 5.91 Å². The third-order valence-corrected chi connectivity index (χ3v) is 7.48. The molecule has 1 amide bonds. The van der Waals surface area contributed by atoms with E-state index < -0.39 is 0 Å². The second-order valence-corrected chi connectivity index (χ2v) is 10.7. The van der Waals surface area contributed by atoms with E-state index in [2.05, 4.69) is 24.8 Å². The highest BCUT2D eigenvalue weighted by molar-refractivity contribution is 7.09. The predicted molar refractivity (Wildman–Crippen MR) is 143 cm³/mol. The largest absolute Gasteiger partial charge is 0.486 e. The third kappa shape index (κ3) is 7.29. The zero-order valence-corrected chi connectivity index (χ0v) is 22.2. The van der Waals surface area contributed by atoms with Crippen LogP contribution in [-0.2, 0) is 13.2 Å². The Morgan fingerprint density at radius 3 is 2.60 bits per heavy atom. The van der Waals surface area contributed by atoms with Crippen LogP contribution in [0.1, 0.15) is 65.7 Å². The number of piperidine rings is 1. The highest BCUT2D eigenvalue weighted by Crippen LogP contribution is 2.27. The number of para-hydroxylation sites is 1. The minimum absolute atomic E-state index is 0.00957. The maximum Gasteiger partial charge on any atom is 0.254 e. The van der Waals surface area contributed by atoms with Crippen molar-refractivity contribution in [1.29, 1.82) is 0 Å². The van der Waals surface area contributed by atoms with Crippen molar-refractivity contribution in [3.8, 4) is 5.75 Å². The zero-order chi connectivity index (χ0) is 24.6. The number of aromatic nitrogens is 1. The fourth-order valence-electron chi connectivity index (χ4n) is 4.38. The van der Waals surface area contributed by atoms with Gasteiger partial charge in [-0.05, 0) is 67.7 Å². The Morgan fingerprint density at radius 1 is 1.11 bits per heavy atom. The molecule has 1 saturated heterocycles. The van der Waals surface area contributed by atoms with Gasteiger partial charge in [-0.3, -0.25) is 4.79 Å². The van der Waals surface area contributed by atoms with Gasteiger partial charge in [0.15, 0.2) is 0 Å². The van der Waals surface area contributed by atoms with E-state index >= 15 is 0 Å². The number of thiazole rings is 1. The first kappa shape index (κ1) is 25.7. The summed E-state index contributed by atoms with van der Waals surface area (Å²) in [5.74, 6) is 1.31. The number of hydrogen-bond donors (Lipinski definition) is 0. The molecule has 0 N–H and O–H groups in total. The molecule has 0 aliphatic carbocycles. The molecule has 0 atom stereocenters. The standard InChI is InChI=1S/C28H34ClN3O2S/c1-21(2)25-8-4-5-9-26(25)34-19-27-30-24(20-35-27)18-32(17-16-31-14-6-3-7-15-31)28(33)22-10-12-23(29)13-11-22/h4-5,8-13,20-21H,3,6-7,14-19H2,1-2H3. The first-order valence-corrected chi connectivity index (χ1v) is 13.7. The summed E-state index contributed by atoms with van der Waals surface area (Å²) in [6, 6.07) is 15.3. The second kappa shape index (κ2) is 12.5. The summed E-state index contributed by atoms with van der Waals surface area (Å²) in [4.78, 5) is 22.5. The van der Waals surface area contributed by atoms with E-state index in [9.17, 15) is 4.79 Å². The zero-order valence-electron chi connectivity index (χ0n) is 20.6. The summed E-state index contributed by atoms with van der Waals surface area (Å²) in [6.07, 6.45) is 3.77. The quantitative estimate of drug-likeness (QED) is 0.306. The summed E-state index contributed by atoms with van der Waals surface area (Å²) in [7, 11) is 0. The lowest BCUT2D eigenvalue weighted by Crippen LogP contribution is -2.40. The van der Waals surface area contributed by atoms with Crippen LogP contribution in [0.2, 0.25) is 5.02 Å². The molecule has 35 heavy (non-hydrogen) atoms. The van der Waals surface area contributed by atoms with Gasteiger partial charge >= 0.3 is 0 Å². The third-order valence-electron chi connectivity index (χ3n) is 6.36. The van der Waals surface area contributed by atoms with Gasteiger partial charge in [-0.1, -0.05) is 50.1 Å². The molecule has 4 rings (SSSR count). The number of halogens is 1. The Bertz CT molecular complexity index is 1090. The van der Waals surface area contributed by atoms with Crippen LogP contribution >= 0.6 is 22.9 Å². The summed E-state index contributed by atoms with van der Waals surface area (Å²) in [5.41, 5.74) is 2.74. The minimum atomic E-state index is 0.00957. The number of likely N-dealkylation sites (tertiary alicyclic amines) is 1. The van der Waals surface area contributed by atoms with Crippen molar-refractivity contribution in [1.82, 2.24) is 14.8 Å². The SMILES string of the molecule is CC(C)c1ccccc1OCc1nc(CN(CCN2CCCCC2)C(=O)c2ccc(Cl)cc2)cs1. The number of hydrogen-bond acceptors (Lipinski definition) is 5. The molecule has 0 spiro atoms. The molecule has 1 aromatic heterocycles. The molecule has 2 heterocycles. The second-order valence-electron chi connectivity index (χ2n) is 9.35. The van der Waals surface area contributed by atoms with Crippen molar-refractivity contribution in [3.63, 3.8) is 0 Å². The van der Waals surface area contributed by atoms with E-state index in [0.717, 1.165) is 36.1 Å². The Kier molecular flexibility index (Phi) is 9.18. The van der Waals surface area contributed by atoms with Gasteiger partial charge < -0.3 is 14.5 Å². The van der Waals surface area contributed by atoms with Crippen LogP contribution in [0.4, 0.5) is 0 Å². The van der Waals surface area contributed by atoms with Gasteiger partial charge in [0, 0.05) is 29.1 Å². The van der Waals surface area contributed by atoms with Crippen LogP contribution in [0, 0.1) is 0 Å². The summed E-state index contributed by atoms with van der Waals surface area (Å²) >= 11 is 7.62. The van der Waals surface area contributed by atoms with Crippen LogP contribution in [0.15, 0.2) is 53.9 Å². The van der Waals surface area contributed by atoms with Crippen molar-refractivity contribution in [2.24, 2.45) is 0 Å². The van der Waals surface area contributed by atoms with Crippen molar-refractivity contribution in [2.75, 3.05) is 26.2 Å². The number of benzene rings is 2. The van der Waals surface area contributed by atoms with Crippen molar-refractivity contribution in [3.05, 3.63) is 80.8 Å². The van der Waals surface area contributed by atoms with Gasteiger partial charge in [-0.15, -0.1) is 11.3 Å². The Hall–Kier alpha value is -2.41. The maximum atomic E-state index is 13.4. The lowest BCUT2D eigenvalue weighted by molar-refractivity contribution is 0.0713. The molecular formula is C28H34ClN3O2S. The average Bonchev–Trinajstić information content (AvgIpc) is 3.33. The molecule has 0 saturated carbocycles. The van der Waals surface area contributed by atoms with E-state index in [0.29, 0.717) is 36.2 Å². The lowest BCUT2D eigenvalue weighted by atomic mass is 10.0. The molecule has 0 unspecified atom stereocenters. The van der Waals surface area contributed by atoms with Crippen LogP contribution in [0.25, 0.3) is 0 Å². The molecule has 1 fully saturated rings. The Morgan fingerprint density at radius 2 is 1.86 bits per heavy atom. The molecule has 2 aromatic carbocycles. The molecule has 5 nitrogen and oxygen atoms in total. The molecule has 186 valence electrons. The van der Waals surface area contributed by atoms with Crippen molar-refractivity contribution in [2.45, 2.75) is 52.2 Å². The normalized spacial score (nSPS) is 14.3. The number of ether oxygens (including phenoxy) is 1. The highest BCUT2D eigenvalue weighted by Gasteiger charge is 2.20. The summed E-state index contributed by atoms with van der Waals surface area (Å²) in [6.45, 7) is 9.01. The molecule has 0 radical (unpaired) electrons. The maximum absolute atomic E-state index is 13.4. The number of amides is 1. The molecule has 3 aromatic rings. The minimum Gasteiger partial charge on any atom is -0.486 e. The molecule has 0 bridgehead atoms. The van der Waals surface area contributed by atoms with Gasteiger partial charge in [0.25, 0.3) is 5.91 Å². The predicted octanol–water partition coefficient (Wildman–Crippen LogP) is 6.63. The number of nitrogens with zero attached hydrogens (tertiary/aromatic N) is 3. The van der Waals surface area contributed by atoms with Gasteiger partial charge in [-0.2, -0.15) is 0 Å². The molecule has 1 aliphatic heterocycles. The average molecular weight is 512 g/mol. The summed E-state index contributed by atoms with van der Waals surface area (Å²) in [5, 5.41) is 3.58. The topological polar surface area (TPSA) is 45.7 Å². The van der Waals surface area contributed by atoms with Crippen LogP contribution in [0.5, 0.6) is 5.75 Å². The molecular weight excluding hydrogens is 478 g/mol. The van der Waals surface area contributed by atoms with Crippen molar-refractivity contribution >= 4 is 28.8 Å². The van der Waals surface area contributed by atoms with Gasteiger partial charge in [0.1, 0.15) is 17.4 Å². The van der Waals surface area contributed by atoms with Gasteiger partial charge in [-0.25, -0.2) is 4.98 Å². The summed E-state index contributed by atoms with van der Waals surface area (Å²) < 4.78 is 6.11.